The molecule has 4 aromatic heterocycles. The SMILES string of the molecule is c1ccc(-c2ccc(N(c3ccc(-c4ccccc4)cc3)c3cc4c5ccccc5n(-c5ccc(-c6ccccc6)cc5)c4c4c3oc3ccccc34)cc2)cc1.c1ccc(-c2ccc(N(c3ccc(-c4ccccc4)cc3)c3cc4c5ccccc5n(-c5ccccc5)c4c4oc5ccccc5c34)cc2)cc1. The predicted octanol–water partition coefficient (Wildman–Crippen LogP) is 28.6. The Morgan fingerprint density at radius 1 is 0.194 bits per heavy atom. The highest BCUT2D eigenvalue weighted by Crippen LogP contribution is 2.52. The molecule has 0 spiro atoms. The first-order valence-corrected chi connectivity index (χ1v) is 36.8. The van der Waals surface area contributed by atoms with Gasteiger partial charge in [0.05, 0.1) is 44.2 Å². The largest absolute Gasteiger partial charge is 0.454 e. The summed E-state index contributed by atoms with van der Waals surface area (Å²) >= 11 is 0. The maximum absolute atomic E-state index is 7.01. The summed E-state index contributed by atoms with van der Waals surface area (Å²) < 4.78 is 18.7. The lowest BCUT2D eigenvalue weighted by atomic mass is 10.0. The molecule has 0 aliphatic rings. The van der Waals surface area contributed by atoms with Crippen LogP contribution in [0.2, 0.25) is 0 Å². The Morgan fingerprint density at radius 2 is 0.472 bits per heavy atom. The first-order chi connectivity index (χ1) is 53.6. The Labute approximate surface area is 625 Å². The molecule has 6 nitrogen and oxygen atoms in total. The second kappa shape index (κ2) is 27.0. The van der Waals surface area contributed by atoms with Gasteiger partial charge in [-0.15, -0.1) is 0 Å². The molecule has 21 rings (SSSR count). The number of hydrogen-bond donors (Lipinski definition) is 0. The molecule has 0 N–H and O–H groups in total. The number of anilines is 6. The summed E-state index contributed by atoms with van der Waals surface area (Å²) in [6.07, 6.45) is 0. The zero-order valence-corrected chi connectivity index (χ0v) is 58.9. The van der Waals surface area contributed by atoms with Gasteiger partial charge in [-0.1, -0.05) is 303 Å². The van der Waals surface area contributed by atoms with Crippen molar-refractivity contribution in [1.29, 1.82) is 0 Å². The minimum atomic E-state index is 0.841. The maximum atomic E-state index is 7.01. The van der Waals surface area contributed by atoms with Crippen LogP contribution in [-0.4, -0.2) is 9.13 Å². The van der Waals surface area contributed by atoms with E-state index in [0.717, 1.165) is 117 Å². The third-order valence-corrected chi connectivity index (χ3v) is 21.2. The molecule has 0 radical (unpaired) electrons. The summed E-state index contributed by atoms with van der Waals surface area (Å²) in [6.45, 7) is 0. The summed E-state index contributed by atoms with van der Waals surface area (Å²) in [5.41, 5.74) is 28.3. The molecule has 0 unspecified atom stereocenters. The van der Waals surface area contributed by atoms with Crippen molar-refractivity contribution in [3.8, 4) is 67.0 Å². The molecule has 17 aromatic carbocycles. The van der Waals surface area contributed by atoms with E-state index in [1.165, 1.54) is 71.8 Å². The van der Waals surface area contributed by atoms with Crippen molar-refractivity contribution >= 4 is 122 Å². The van der Waals surface area contributed by atoms with Crippen LogP contribution in [0.3, 0.4) is 0 Å². The van der Waals surface area contributed by atoms with Gasteiger partial charge in [-0.05, 0) is 165 Å². The standard InChI is InChI=1S/C54H36N2O.C48H32N2O/c1-4-14-37(15-5-1)40-24-30-43(31-25-40)55(44-32-26-41(27-33-44)38-16-6-2-7-17-38)50-36-48-46-20-10-12-22-49(46)56(45-34-28-42(29-35-45)39-18-8-3-9-19-39)53(48)52-47-21-11-13-23-51(47)57-54(50)52;1-4-14-33(15-5-1)35-24-28-38(29-25-35)49(39-30-26-36(27-31-39)34-16-6-2-7-17-34)44-32-42-40-20-10-12-22-43(40)50(37-18-8-3-9-19-37)47(42)48-46(44)41-21-11-13-23-45(41)51-48/h1-36H;1-32H. The number of para-hydroxylation sites is 5. The van der Waals surface area contributed by atoms with Crippen LogP contribution in [0.15, 0.2) is 421 Å². The number of furan rings is 2. The van der Waals surface area contributed by atoms with Gasteiger partial charge in [-0.3, -0.25) is 0 Å². The minimum Gasteiger partial charge on any atom is -0.454 e. The minimum absolute atomic E-state index is 0.841. The maximum Gasteiger partial charge on any atom is 0.162 e. The fourth-order valence-electron chi connectivity index (χ4n) is 16.1. The molecule has 0 saturated carbocycles. The Morgan fingerprint density at radius 3 is 0.880 bits per heavy atom. The molecule has 0 bridgehead atoms. The van der Waals surface area contributed by atoms with E-state index < -0.39 is 0 Å². The van der Waals surface area contributed by atoms with Crippen LogP contribution in [0.4, 0.5) is 34.1 Å². The van der Waals surface area contributed by atoms with Crippen molar-refractivity contribution in [3.63, 3.8) is 0 Å². The van der Waals surface area contributed by atoms with Crippen LogP contribution >= 0.6 is 0 Å². The number of nitrogens with zero attached hydrogens (tertiary/aromatic N) is 4. The van der Waals surface area contributed by atoms with Gasteiger partial charge >= 0.3 is 0 Å². The van der Waals surface area contributed by atoms with Crippen LogP contribution in [0.25, 0.3) is 154 Å². The Bertz CT molecular complexity index is 6670. The van der Waals surface area contributed by atoms with E-state index in [-0.39, 0.29) is 0 Å². The summed E-state index contributed by atoms with van der Waals surface area (Å²) in [7, 11) is 0. The van der Waals surface area contributed by atoms with Gasteiger partial charge in [0, 0.05) is 66.4 Å². The molecule has 0 amide bonds. The molecule has 0 aliphatic carbocycles. The molecule has 508 valence electrons. The van der Waals surface area contributed by atoms with Gasteiger partial charge in [0.15, 0.2) is 11.2 Å². The molecule has 0 atom stereocenters. The molecule has 0 saturated heterocycles. The van der Waals surface area contributed by atoms with E-state index in [9.17, 15) is 0 Å². The summed E-state index contributed by atoms with van der Waals surface area (Å²) in [5, 5.41) is 9.02. The van der Waals surface area contributed by atoms with Gasteiger partial charge in [0.2, 0.25) is 0 Å². The Balaban J connectivity index is 0.000000143. The van der Waals surface area contributed by atoms with Crippen molar-refractivity contribution in [2.24, 2.45) is 0 Å². The van der Waals surface area contributed by atoms with E-state index in [1.807, 2.05) is 0 Å². The third kappa shape index (κ3) is 11.1. The molecule has 6 heteroatoms. The molecular weight excluding hydrogens is 1310 g/mol. The number of aromatic nitrogens is 2. The third-order valence-electron chi connectivity index (χ3n) is 21.2. The second-order valence-corrected chi connectivity index (χ2v) is 27.5. The highest BCUT2D eigenvalue weighted by Gasteiger charge is 2.29. The monoisotopic (exact) mass is 1380 g/mol. The lowest BCUT2D eigenvalue weighted by Crippen LogP contribution is -2.10. The first kappa shape index (κ1) is 63.2. The van der Waals surface area contributed by atoms with E-state index >= 15 is 0 Å². The van der Waals surface area contributed by atoms with Crippen LogP contribution in [0.5, 0.6) is 0 Å². The molecule has 4 heterocycles. The zero-order chi connectivity index (χ0) is 71.4. The highest BCUT2D eigenvalue weighted by molar-refractivity contribution is 6.29. The topological polar surface area (TPSA) is 42.6 Å². The van der Waals surface area contributed by atoms with Crippen molar-refractivity contribution in [2.75, 3.05) is 9.80 Å². The van der Waals surface area contributed by atoms with Crippen LogP contribution in [-0.2, 0) is 0 Å². The van der Waals surface area contributed by atoms with Gasteiger partial charge in [0.25, 0.3) is 0 Å². The van der Waals surface area contributed by atoms with Crippen molar-refractivity contribution in [3.05, 3.63) is 413 Å². The predicted molar refractivity (Wildman–Crippen MR) is 453 cm³/mol. The van der Waals surface area contributed by atoms with E-state index in [2.05, 4.69) is 431 Å². The first-order valence-electron chi connectivity index (χ1n) is 36.8. The van der Waals surface area contributed by atoms with Crippen LogP contribution in [0.1, 0.15) is 0 Å². The van der Waals surface area contributed by atoms with Gasteiger partial charge < -0.3 is 27.8 Å². The molecule has 0 fully saturated rings. The van der Waals surface area contributed by atoms with Crippen molar-refractivity contribution in [1.82, 2.24) is 9.13 Å². The van der Waals surface area contributed by atoms with E-state index in [1.54, 1.807) is 0 Å². The number of hydrogen-bond acceptors (Lipinski definition) is 4. The number of benzene rings is 17. The molecule has 21 aromatic rings. The lowest BCUT2D eigenvalue weighted by molar-refractivity contribution is 0.669. The quantitative estimate of drug-likeness (QED) is 0.115. The smallest absolute Gasteiger partial charge is 0.162 e. The van der Waals surface area contributed by atoms with Crippen molar-refractivity contribution in [2.45, 2.75) is 0 Å². The van der Waals surface area contributed by atoms with E-state index in [0.29, 0.717) is 0 Å². The Kier molecular flexibility index (Phi) is 15.8. The molecule has 0 aliphatic heterocycles. The van der Waals surface area contributed by atoms with Crippen LogP contribution < -0.4 is 9.80 Å². The fourth-order valence-corrected chi connectivity index (χ4v) is 16.1. The van der Waals surface area contributed by atoms with Crippen LogP contribution in [0, 0.1) is 0 Å². The Hall–Kier alpha value is -14.5. The molecular formula is C102H68N4O2. The zero-order valence-electron chi connectivity index (χ0n) is 58.9. The van der Waals surface area contributed by atoms with Gasteiger partial charge in [0.1, 0.15) is 11.2 Å². The van der Waals surface area contributed by atoms with Crippen molar-refractivity contribution < 1.29 is 8.83 Å². The second-order valence-electron chi connectivity index (χ2n) is 27.5. The van der Waals surface area contributed by atoms with Gasteiger partial charge in [-0.2, -0.15) is 0 Å². The number of fused-ring (bicyclic) bond motifs is 14. The average Bonchev–Trinajstić information content (AvgIpc) is 1.56. The lowest BCUT2D eigenvalue weighted by Gasteiger charge is -2.27. The van der Waals surface area contributed by atoms with Gasteiger partial charge in [-0.25, -0.2) is 0 Å². The fraction of sp³-hybridized carbons (Fsp3) is 0. The normalized spacial score (nSPS) is 11.5. The molecule has 108 heavy (non-hydrogen) atoms. The highest BCUT2D eigenvalue weighted by atomic mass is 16.3. The average molecular weight is 1380 g/mol. The summed E-state index contributed by atoms with van der Waals surface area (Å²) in [5.74, 6) is 0. The summed E-state index contributed by atoms with van der Waals surface area (Å²) in [4.78, 5) is 4.75. The number of rotatable bonds is 13. The van der Waals surface area contributed by atoms with E-state index in [4.69, 9.17) is 8.83 Å². The summed E-state index contributed by atoms with van der Waals surface area (Å²) in [6, 6.07) is 147.